The third-order valence-electron chi connectivity index (χ3n) is 3.63. The molecule has 1 saturated heterocycles. The molecule has 6 heteroatoms. The summed E-state index contributed by atoms with van der Waals surface area (Å²) in [5.41, 5.74) is 2.16. The maximum atomic E-state index is 5.99. The quantitative estimate of drug-likeness (QED) is 0.854. The second kappa shape index (κ2) is 6.89. The Kier molecular flexibility index (Phi) is 4.70. The van der Waals surface area contributed by atoms with Gasteiger partial charge in [0.1, 0.15) is 6.10 Å². The molecule has 1 fully saturated rings. The molecule has 1 atom stereocenters. The Morgan fingerprint density at radius 2 is 2.32 bits per heavy atom. The fourth-order valence-electron chi connectivity index (χ4n) is 2.62. The maximum Gasteiger partial charge on any atom is 0.213 e. The van der Waals surface area contributed by atoms with Crippen molar-refractivity contribution in [2.24, 2.45) is 7.05 Å². The number of hydrogen-bond donors (Lipinski definition) is 0. The van der Waals surface area contributed by atoms with Gasteiger partial charge in [-0.3, -0.25) is 9.58 Å². The van der Waals surface area contributed by atoms with E-state index in [9.17, 15) is 0 Å². The summed E-state index contributed by atoms with van der Waals surface area (Å²) in [4.78, 5) is 6.74. The summed E-state index contributed by atoms with van der Waals surface area (Å²) in [5.74, 6) is 0.664. The van der Waals surface area contributed by atoms with Gasteiger partial charge in [-0.15, -0.1) is 0 Å². The van der Waals surface area contributed by atoms with Gasteiger partial charge in [-0.2, -0.15) is 5.10 Å². The zero-order valence-corrected chi connectivity index (χ0v) is 13.1. The van der Waals surface area contributed by atoms with Crippen molar-refractivity contribution < 1.29 is 9.47 Å². The monoisotopic (exact) mass is 302 g/mol. The van der Waals surface area contributed by atoms with Gasteiger partial charge >= 0.3 is 0 Å². The molecule has 0 radical (unpaired) electrons. The van der Waals surface area contributed by atoms with Gasteiger partial charge in [0.05, 0.1) is 19.4 Å². The Labute approximate surface area is 130 Å². The van der Waals surface area contributed by atoms with Crippen LogP contribution in [0.15, 0.2) is 30.6 Å². The smallest absolute Gasteiger partial charge is 0.213 e. The van der Waals surface area contributed by atoms with E-state index in [1.54, 1.807) is 0 Å². The normalized spacial score (nSPS) is 19.8. The Bertz CT molecular complexity index is 614. The van der Waals surface area contributed by atoms with Crippen molar-refractivity contribution in [3.8, 4) is 5.88 Å². The van der Waals surface area contributed by atoms with E-state index < -0.39 is 0 Å². The molecule has 2 aromatic rings. The summed E-state index contributed by atoms with van der Waals surface area (Å²) in [6.07, 6.45) is 3.95. The summed E-state index contributed by atoms with van der Waals surface area (Å²) < 4.78 is 13.5. The molecule has 0 aromatic carbocycles. The van der Waals surface area contributed by atoms with Crippen molar-refractivity contribution in [2.45, 2.75) is 19.6 Å². The minimum atomic E-state index is -0.00604. The first-order valence-electron chi connectivity index (χ1n) is 7.57. The number of nitrogens with zero attached hydrogens (tertiary/aromatic N) is 4. The summed E-state index contributed by atoms with van der Waals surface area (Å²) >= 11 is 0. The average molecular weight is 302 g/mol. The van der Waals surface area contributed by atoms with Crippen LogP contribution in [0.2, 0.25) is 0 Å². The summed E-state index contributed by atoms with van der Waals surface area (Å²) in [5, 5.41) is 4.22. The van der Waals surface area contributed by atoms with E-state index in [0.717, 1.165) is 31.9 Å². The van der Waals surface area contributed by atoms with Crippen LogP contribution < -0.4 is 4.74 Å². The maximum absolute atomic E-state index is 5.99. The van der Waals surface area contributed by atoms with Crippen LogP contribution in [0.3, 0.4) is 0 Å². The largest absolute Gasteiger partial charge is 0.471 e. The molecule has 0 aliphatic carbocycles. The van der Waals surface area contributed by atoms with E-state index in [0.29, 0.717) is 12.5 Å². The predicted octanol–water partition coefficient (Wildman–Crippen LogP) is 1.40. The van der Waals surface area contributed by atoms with Crippen LogP contribution in [0, 0.1) is 6.92 Å². The molecular weight excluding hydrogens is 280 g/mol. The zero-order valence-electron chi connectivity index (χ0n) is 13.1. The molecule has 1 aliphatic heterocycles. The highest BCUT2D eigenvalue weighted by molar-refractivity contribution is 5.15. The van der Waals surface area contributed by atoms with Gasteiger partial charge < -0.3 is 9.47 Å². The molecule has 1 aliphatic rings. The van der Waals surface area contributed by atoms with Gasteiger partial charge in [-0.05, 0) is 13.0 Å². The summed E-state index contributed by atoms with van der Waals surface area (Å²) in [7, 11) is 1.93. The second-order valence-corrected chi connectivity index (χ2v) is 5.69. The van der Waals surface area contributed by atoms with Crippen molar-refractivity contribution in [3.05, 3.63) is 41.9 Å². The number of ether oxygens (including phenoxy) is 2. The van der Waals surface area contributed by atoms with E-state index in [-0.39, 0.29) is 6.10 Å². The van der Waals surface area contributed by atoms with Crippen molar-refractivity contribution in [2.75, 3.05) is 26.3 Å². The topological polar surface area (TPSA) is 52.4 Å². The Hall–Kier alpha value is -1.92. The minimum absolute atomic E-state index is 0.00604. The highest BCUT2D eigenvalue weighted by Crippen LogP contribution is 2.13. The average Bonchev–Trinajstić information content (AvgIpc) is 2.75. The third kappa shape index (κ3) is 4.05. The SMILES string of the molecule is Cc1cccc(O[C@H]2COCCN(Cc3cnn(C)c3)C2)n1. The first-order valence-corrected chi connectivity index (χ1v) is 7.57. The van der Waals surface area contributed by atoms with E-state index in [4.69, 9.17) is 9.47 Å². The van der Waals surface area contributed by atoms with E-state index in [1.165, 1.54) is 5.56 Å². The molecule has 0 saturated carbocycles. The molecule has 2 aromatic heterocycles. The first kappa shape index (κ1) is 15.0. The molecule has 3 rings (SSSR count). The lowest BCUT2D eigenvalue weighted by Crippen LogP contribution is -2.35. The van der Waals surface area contributed by atoms with Crippen LogP contribution in [0.1, 0.15) is 11.3 Å². The van der Waals surface area contributed by atoms with Gasteiger partial charge in [0.15, 0.2) is 0 Å². The van der Waals surface area contributed by atoms with Crippen molar-refractivity contribution in [3.63, 3.8) is 0 Å². The molecular formula is C16H22N4O2. The van der Waals surface area contributed by atoms with Crippen LogP contribution in [-0.2, 0) is 18.3 Å². The number of rotatable bonds is 4. The van der Waals surface area contributed by atoms with E-state index in [1.807, 2.05) is 49.2 Å². The van der Waals surface area contributed by atoms with E-state index >= 15 is 0 Å². The molecule has 118 valence electrons. The van der Waals surface area contributed by atoms with Crippen LogP contribution in [0.5, 0.6) is 5.88 Å². The van der Waals surface area contributed by atoms with E-state index in [2.05, 4.69) is 15.0 Å². The Morgan fingerprint density at radius 1 is 1.41 bits per heavy atom. The molecule has 3 heterocycles. The lowest BCUT2D eigenvalue weighted by molar-refractivity contribution is 0.0682. The van der Waals surface area contributed by atoms with Gasteiger partial charge in [-0.25, -0.2) is 4.98 Å². The number of aromatic nitrogens is 3. The molecule has 0 unspecified atom stereocenters. The molecule has 6 nitrogen and oxygen atoms in total. The highest BCUT2D eigenvalue weighted by atomic mass is 16.5. The van der Waals surface area contributed by atoms with Crippen molar-refractivity contribution in [1.29, 1.82) is 0 Å². The fourth-order valence-corrected chi connectivity index (χ4v) is 2.62. The van der Waals surface area contributed by atoms with Crippen molar-refractivity contribution >= 4 is 0 Å². The summed E-state index contributed by atoms with van der Waals surface area (Å²) in [6, 6.07) is 5.82. The highest BCUT2D eigenvalue weighted by Gasteiger charge is 2.21. The van der Waals surface area contributed by atoms with Crippen molar-refractivity contribution in [1.82, 2.24) is 19.7 Å². The molecule has 0 N–H and O–H groups in total. The Morgan fingerprint density at radius 3 is 3.09 bits per heavy atom. The molecule has 22 heavy (non-hydrogen) atoms. The van der Waals surface area contributed by atoms with Gasteiger partial charge in [-0.1, -0.05) is 6.07 Å². The lowest BCUT2D eigenvalue weighted by Gasteiger charge is -2.23. The molecule has 0 bridgehead atoms. The van der Waals surface area contributed by atoms with Crippen LogP contribution in [-0.4, -0.2) is 52.1 Å². The predicted molar refractivity (Wildman–Crippen MR) is 82.7 cm³/mol. The Balaban J connectivity index is 1.62. The molecule has 0 spiro atoms. The van der Waals surface area contributed by atoms with Gasteiger partial charge in [0, 0.05) is 50.2 Å². The number of pyridine rings is 1. The van der Waals surface area contributed by atoms with Crippen LogP contribution in [0.4, 0.5) is 0 Å². The fraction of sp³-hybridized carbons (Fsp3) is 0.500. The minimum Gasteiger partial charge on any atom is -0.471 e. The standard InChI is InChI=1S/C16H22N4O2/c1-13-4-3-5-16(18-13)22-15-11-20(6-7-21-12-15)10-14-8-17-19(2)9-14/h3-5,8-9,15H,6-7,10-12H2,1-2H3/t15-/m1/s1. The van der Waals surface area contributed by atoms with Gasteiger partial charge in [0.25, 0.3) is 0 Å². The lowest BCUT2D eigenvalue weighted by atomic mass is 10.3. The van der Waals surface area contributed by atoms with Gasteiger partial charge in [0.2, 0.25) is 5.88 Å². The number of aryl methyl sites for hydroxylation is 2. The number of hydrogen-bond acceptors (Lipinski definition) is 5. The second-order valence-electron chi connectivity index (χ2n) is 5.69. The first-order chi connectivity index (χ1) is 10.7. The molecule has 0 amide bonds. The van der Waals surface area contributed by atoms with Crippen LogP contribution in [0.25, 0.3) is 0 Å². The summed E-state index contributed by atoms with van der Waals surface area (Å²) in [6.45, 7) is 5.87. The third-order valence-corrected chi connectivity index (χ3v) is 3.63. The van der Waals surface area contributed by atoms with Crippen LogP contribution >= 0.6 is 0 Å². The zero-order chi connectivity index (χ0) is 15.4.